The Kier molecular flexibility index (Phi) is 12.6. The maximum absolute atomic E-state index is 12.2. The van der Waals surface area contributed by atoms with Gasteiger partial charge in [-0.2, -0.15) is 0 Å². The number of hydrogen-bond donors (Lipinski definition) is 1. The first-order chi connectivity index (χ1) is 9.06. The SMILES string of the molecule is CNCCN(C)C(=O)C(C)N(C)Cc1ccccc1.Cl.Cl. The zero-order chi connectivity index (χ0) is 14.3. The van der Waals surface area contributed by atoms with Crippen LogP contribution in [0.1, 0.15) is 12.5 Å². The van der Waals surface area contributed by atoms with E-state index in [1.165, 1.54) is 5.56 Å². The molecule has 1 aromatic rings. The van der Waals surface area contributed by atoms with Crippen LogP contribution in [0.2, 0.25) is 0 Å². The van der Waals surface area contributed by atoms with Crippen LogP contribution >= 0.6 is 24.8 Å². The van der Waals surface area contributed by atoms with Crippen molar-refractivity contribution in [1.82, 2.24) is 15.1 Å². The quantitative estimate of drug-likeness (QED) is 0.828. The minimum atomic E-state index is -0.109. The molecule has 0 fully saturated rings. The lowest BCUT2D eigenvalue weighted by atomic mass is 10.2. The highest BCUT2D eigenvalue weighted by molar-refractivity contribution is 5.85. The van der Waals surface area contributed by atoms with Crippen LogP contribution in [0, 0.1) is 0 Å². The number of halogens is 2. The molecule has 0 heterocycles. The Morgan fingerprint density at radius 1 is 1.19 bits per heavy atom. The van der Waals surface area contributed by atoms with Gasteiger partial charge in [-0.05, 0) is 26.6 Å². The summed E-state index contributed by atoms with van der Waals surface area (Å²) in [6, 6.07) is 10.1. The fourth-order valence-corrected chi connectivity index (χ4v) is 1.91. The topological polar surface area (TPSA) is 35.6 Å². The van der Waals surface area contributed by atoms with E-state index in [0.717, 1.165) is 19.6 Å². The van der Waals surface area contributed by atoms with Crippen molar-refractivity contribution >= 4 is 30.7 Å². The second-order valence-corrected chi connectivity index (χ2v) is 4.94. The summed E-state index contributed by atoms with van der Waals surface area (Å²) < 4.78 is 0. The van der Waals surface area contributed by atoms with Crippen molar-refractivity contribution in [3.63, 3.8) is 0 Å². The summed E-state index contributed by atoms with van der Waals surface area (Å²) in [6.45, 7) is 4.30. The van der Waals surface area contributed by atoms with Gasteiger partial charge in [0, 0.05) is 26.7 Å². The van der Waals surface area contributed by atoms with Gasteiger partial charge in [-0.15, -0.1) is 24.8 Å². The van der Waals surface area contributed by atoms with E-state index in [1.807, 2.05) is 46.3 Å². The van der Waals surface area contributed by atoms with E-state index >= 15 is 0 Å². The monoisotopic (exact) mass is 335 g/mol. The minimum absolute atomic E-state index is 0. The highest BCUT2D eigenvalue weighted by Crippen LogP contribution is 2.07. The lowest BCUT2D eigenvalue weighted by Crippen LogP contribution is -2.45. The van der Waals surface area contributed by atoms with E-state index in [0.29, 0.717) is 0 Å². The maximum Gasteiger partial charge on any atom is 0.239 e. The highest BCUT2D eigenvalue weighted by atomic mass is 35.5. The van der Waals surface area contributed by atoms with Crippen LogP contribution in [0.15, 0.2) is 30.3 Å². The second kappa shape index (κ2) is 11.8. The summed E-state index contributed by atoms with van der Waals surface area (Å²) in [7, 11) is 5.73. The van der Waals surface area contributed by atoms with Gasteiger partial charge >= 0.3 is 0 Å². The van der Waals surface area contributed by atoms with Crippen molar-refractivity contribution in [2.45, 2.75) is 19.5 Å². The molecule has 0 aliphatic rings. The largest absolute Gasteiger partial charge is 0.343 e. The molecule has 4 nitrogen and oxygen atoms in total. The van der Waals surface area contributed by atoms with E-state index in [4.69, 9.17) is 0 Å². The normalized spacial score (nSPS) is 11.3. The number of likely N-dealkylation sites (N-methyl/N-ethyl adjacent to an activating group) is 3. The van der Waals surface area contributed by atoms with Crippen molar-refractivity contribution in [2.24, 2.45) is 0 Å². The molecule has 122 valence electrons. The van der Waals surface area contributed by atoms with E-state index in [1.54, 1.807) is 4.90 Å². The summed E-state index contributed by atoms with van der Waals surface area (Å²) in [4.78, 5) is 16.1. The molecular weight excluding hydrogens is 309 g/mol. The average Bonchev–Trinajstić information content (AvgIpc) is 2.44. The smallest absolute Gasteiger partial charge is 0.239 e. The second-order valence-electron chi connectivity index (χ2n) is 4.94. The van der Waals surface area contributed by atoms with E-state index < -0.39 is 0 Å². The fourth-order valence-electron chi connectivity index (χ4n) is 1.91. The molecule has 1 unspecified atom stereocenters. The van der Waals surface area contributed by atoms with Gasteiger partial charge in [0.05, 0.1) is 6.04 Å². The lowest BCUT2D eigenvalue weighted by molar-refractivity contribution is -0.134. The molecule has 1 rings (SSSR count). The summed E-state index contributed by atoms with van der Waals surface area (Å²) in [5.41, 5.74) is 1.22. The van der Waals surface area contributed by atoms with Gasteiger partial charge < -0.3 is 10.2 Å². The summed E-state index contributed by atoms with van der Waals surface area (Å²) >= 11 is 0. The van der Waals surface area contributed by atoms with Crippen LogP contribution in [-0.2, 0) is 11.3 Å². The Balaban J connectivity index is 0. The van der Waals surface area contributed by atoms with Gasteiger partial charge in [-0.25, -0.2) is 0 Å². The zero-order valence-electron chi connectivity index (χ0n) is 13.2. The molecule has 0 aromatic heterocycles. The van der Waals surface area contributed by atoms with Gasteiger partial charge in [0.2, 0.25) is 5.91 Å². The Labute approximate surface area is 140 Å². The van der Waals surface area contributed by atoms with Crippen molar-refractivity contribution < 1.29 is 4.79 Å². The van der Waals surface area contributed by atoms with Crippen LogP contribution in [0.5, 0.6) is 0 Å². The van der Waals surface area contributed by atoms with Gasteiger partial charge in [-0.1, -0.05) is 30.3 Å². The summed E-state index contributed by atoms with van der Waals surface area (Å²) in [5, 5.41) is 3.05. The van der Waals surface area contributed by atoms with Crippen molar-refractivity contribution in [3.8, 4) is 0 Å². The van der Waals surface area contributed by atoms with Gasteiger partial charge in [0.1, 0.15) is 0 Å². The third-order valence-electron chi connectivity index (χ3n) is 3.37. The molecule has 1 aromatic carbocycles. The Morgan fingerprint density at radius 3 is 2.29 bits per heavy atom. The number of nitrogens with zero attached hydrogens (tertiary/aromatic N) is 2. The highest BCUT2D eigenvalue weighted by Gasteiger charge is 2.21. The third kappa shape index (κ3) is 7.67. The number of benzene rings is 1. The molecule has 1 N–H and O–H groups in total. The molecule has 0 spiro atoms. The molecular formula is C15H27Cl2N3O. The molecule has 1 atom stereocenters. The first kappa shape index (κ1) is 22.5. The van der Waals surface area contributed by atoms with Gasteiger partial charge in [-0.3, -0.25) is 9.69 Å². The van der Waals surface area contributed by atoms with Crippen LogP contribution in [0.25, 0.3) is 0 Å². The number of nitrogens with one attached hydrogen (secondary N) is 1. The molecule has 0 saturated heterocycles. The van der Waals surface area contributed by atoms with Crippen LogP contribution < -0.4 is 5.32 Å². The molecule has 0 saturated carbocycles. The summed E-state index contributed by atoms with van der Waals surface area (Å²) in [6.07, 6.45) is 0. The van der Waals surface area contributed by atoms with Crippen molar-refractivity contribution in [1.29, 1.82) is 0 Å². The van der Waals surface area contributed by atoms with Crippen LogP contribution in [-0.4, -0.2) is 56.0 Å². The van der Waals surface area contributed by atoms with Gasteiger partial charge in [0.25, 0.3) is 0 Å². The van der Waals surface area contributed by atoms with Crippen molar-refractivity contribution in [3.05, 3.63) is 35.9 Å². The van der Waals surface area contributed by atoms with E-state index in [9.17, 15) is 4.79 Å². The number of hydrogen-bond acceptors (Lipinski definition) is 3. The molecule has 0 aliphatic carbocycles. The van der Waals surface area contributed by atoms with Crippen molar-refractivity contribution in [2.75, 3.05) is 34.2 Å². The molecule has 0 aliphatic heterocycles. The molecule has 1 amide bonds. The Hall–Kier alpha value is -0.810. The number of carbonyl (C=O) groups is 1. The molecule has 0 radical (unpaired) electrons. The molecule has 0 bridgehead atoms. The zero-order valence-corrected chi connectivity index (χ0v) is 14.8. The Morgan fingerprint density at radius 2 is 1.76 bits per heavy atom. The fraction of sp³-hybridized carbons (Fsp3) is 0.533. The number of rotatable bonds is 7. The first-order valence-corrected chi connectivity index (χ1v) is 6.70. The van der Waals surface area contributed by atoms with Crippen LogP contribution in [0.3, 0.4) is 0 Å². The minimum Gasteiger partial charge on any atom is -0.343 e. The third-order valence-corrected chi connectivity index (χ3v) is 3.37. The first-order valence-electron chi connectivity index (χ1n) is 6.70. The van der Waals surface area contributed by atoms with Crippen LogP contribution in [0.4, 0.5) is 0 Å². The standard InChI is InChI=1S/C15H25N3O.2ClH/c1-13(15(19)17(3)11-10-16-2)18(4)12-14-8-6-5-7-9-14;;/h5-9,13,16H,10-12H2,1-4H3;2*1H. The summed E-state index contributed by atoms with van der Waals surface area (Å²) in [5.74, 6) is 0.161. The number of amides is 1. The Bertz CT molecular complexity index is 390. The number of carbonyl (C=O) groups excluding carboxylic acids is 1. The lowest BCUT2D eigenvalue weighted by Gasteiger charge is -2.28. The van der Waals surface area contributed by atoms with E-state index in [-0.39, 0.29) is 36.8 Å². The molecule has 6 heteroatoms. The maximum atomic E-state index is 12.2. The molecule has 21 heavy (non-hydrogen) atoms. The predicted octanol–water partition coefficient (Wildman–Crippen LogP) is 2.03. The van der Waals surface area contributed by atoms with E-state index in [2.05, 4.69) is 22.3 Å². The van der Waals surface area contributed by atoms with Gasteiger partial charge in [0.15, 0.2) is 0 Å². The predicted molar refractivity (Wildman–Crippen MR) is 93.4 cm³/mol. The average molecular weight is 336 g/mol.